The van der Waals surface area contributed by atoms with Crippen LogP contribution in [0.2, 0.25) is 0 Å². The Hall–Kier alpha value is -1.47. The first-order chi connectivity index (χ1) is 9.15. The molecule has 104 valence electrons. The first kappa shape index (κ1) is 14.0. The average Bonchev–Trinajstić information content (AvgIpc) is 3.00. The molecule has 0 bridgehead atoms. The second kappa shape index (κ2) is 6.63. The highest BCUT2D eigenvalue weighted by atomic mass is 32.1. The van der Waals surface area contributed by atoms with E-state index in [1.165, 1.54) is 16.7 Å². The Balaban J connectivity index is 1.67. The SMILES string of the molecule is O=C(CC1CCNC1)NCCc1nc(C(=O)O)cs1. The van der Waals surface area contributed by atoms with Gasteiger partial charge in [0.15, 0.2) is 5.69 Å². The molecule has 1 aromatic heterocycles. The minimum Gasteiger partial charge on any atom is -0.476 e. The van der Waals surface area contributed by atoms with E-state index in [4.69, 9.17) is 5.11 Å². The Labute approximate surface area is 115 Å². The summed E-state index contributed by atoms with van der Waals surface area (Å²) >= 11 is 1.31. The van der Waals surface area contributed by atoms with Crippen LogP contribution in [-0.2, 0) is 11.2 Å². The lowest BCUT2D eigenvalue weighted by atomic mass is 10.0. The van der Waals surface area contributed by atoms with Crippen LogP contribution in [0, 0.1) is 5.92 Å². The summed E-state index contributed by atoms with van der Waals surface area (Å²) in [6.45, 7) is 2.42. The molecule has 0 saturated carbocycles. The van der Waals surface area contributed by atoms with Gasteiger partial charge in [-0.25, -0.2) is 9.78 Å². The van der Waals surface area contributed by atoms with Crippen LogP contribution in [0.5, 0.6) is 0 Å². The van der Waals surface area contributed by atoms with Crippen LogP contribution in [0.4, 0.5) is 0 Å². The van der Waals surface area contributed by atoms with E-state index >= 15 is 0 Å². The number of nitrogens with zero attached hydrogens (tertiary/aromatic N) is 1. The van der Waals surface area contributed by atoms with Gasteiger partial charge in [0, 0.05) is 24.8 Å². The van der Waals surface area contributed by atoms with E-state index in [1.807, 2.05) is 0 Å². The van der Waals surface area contributed by atoms with Crippen LogP contribution in [0.25, 0.3) is 0 Å². The number of nitrogens with one attached hydrogen (secondary N) is 2. The summed E-state index contributed by atoms with van der Waals surface area (Å²) in [5.41, 5.74) is 0.0726. The number of carbonyl (C=O) groups is 2. The van der Waals surface area contributed by atoms with Crippen LogP contribution < -0.4 is 10.6 Å². The predicted octanol–water partition coefficient (Wildman–Crippen LogP) is 0.500. The van der Waals surface area contributed by atoms with Crippen molar-refractivity contribution in [3.8, 4) is 0 Å². The molecule has 0 spiro atoms. The summed E-state index contributed by atoms with van der Waals surface area (Å²) < 4.78 is 0. The van der Waals surface area contributed by atoms with E-state index in [2.05, 4.69) is 15.6 Å². The van der Waals surface area contributed by atoms with Gasteiger partial charge in [-0.05, 0) is 25.4 Å². The minimum absolute atomic E-state index is 0.0590. The van der Waals surface area contributed by atoms with Crippen LogP contribution in [0.15, 0.2) is 5.38 Å². The van der Waals surface area contributed by atoms with Crippen molar-refractivity contribution in [2.75, 3.05) is 19.6 Å². The predicted molar refractivity (Wildman–Crippen MR) is 71.4 cm³/mol. The zero-order valence-electron chi connectivity index (χ0n) is 10.5. The highest BCUT2D eigenvalue weighted by Crippen LogP contribution is 2.12. The fourth-order valence-corrected chi connectivity index (χ4v) is 2.83. The zero-order valence-corrected chi connectivity index (χ0v) is 11.3. The van der Waals surface area contributed by atoms with Crippen molar-refractivity contribution in [3.05, 3.63) is 16.1 Å². The number of aromatic nitrogens is 1. The number of hydrogen-bond donors (Lipinski definition) is 3. The van der Waals surface area contributed by atoms with Gasteiger partial charge in [-0.2, -0.15) is 0 Å². The zero-order chi connectivity index (χ0) is 13.7. The number of amides is 1. The largest absolute Gasteiger partial charge is 0.476 e. The highest BCUT2D eigenvalue weighted by Gasteiger charge is 2.17. The van der Waals surface area contributed by atoms with Gasteiger partial charge in [-0.3, -0.25) is 4.79 Å². The van der Waals surface area contributed by atoms with Gasteiger partial charge in [0.2, 0.25) is 5.91 Å². The van der Waals surface area contributed by atoms with E-state index in [-0.39, 0.29) is 11.6 Å². The van der Waals surface area contributed by atoms with E-state index in [0.29, 0.717) is 25.3 Å². The lowest BCUT2D eigenvalue weighted by Gasteiger charge is -2.08. The number of rotatable bonds is 6. The second-order valence-electron chi connectivity index (χ2n) is 4.59. The molecule has 1 atom stereocenters. The monoisotopic (exact) mass is 283 g/mol. The van der Waals surface area contributed by atoms with Crippen molar-refractivity contribution in [2.24, 2.45) is 5.92 Å². The van der Waals surface area contributed by atoms with Gasteiger partial charge < -0.3 is 15.7 Å². The van der Waals surface area contributed by atoms with Crippen molar-refractivity contribution in [1.29, 1.82) is 0 Å². The molecule has 2 rings (SSSR count). The summed E-state index contributed by atoms with van der Waals surface area (Å²) in [5, 5.41) is 17.1. The maximum absolute atomic E-state index is 11.7. The number of aromatic carboxylic acids is 1. The third kappa shape index (κ3) is 4.29. The second-order valence-corrected chi connectivity index (χ2v) is 5.54. The van der Waals surface area contributed by atoms with Gasteiger partial charge in [-0.15, -0.1) is 11.3 Å². The molecule has 19 heavy (non-hydrogen) atoms. The molecular weight excluding hydrogens is 266 g/mol. The molecule has 1 unspecified atom stereocenters. The summed E-state index contributed by atoms with van der Waals surface area (Å²) in [4.78, 5) is 26.3. The molecule has 1 aliphatic rings. The van der Waals surface area contributed by atoms with Crippen molar-refractivity contribution in [1.82, 2.24) is 15.6 Å². The topological polar surface area (TPSA) is 91.3 Å². The van der Waals surface area contributed by atoms with Gasteiger partial charge in [-0.1, -0.05) is 0 Å². The van der Waals surface area contributed by atoms with Crippen molar-refractivity contribution >= 4 is 23.2 Å². The van der Waals surface area contributed by atoms with Crippen LogP contribution in [0.1, 0.15) is 28.3 Å². The summed E-state index contributed by atoms with van der Waals surface area (Å²) in [7, 11) is 0. The molecular formula is C12H17N3O3S. The normalized spacial score (nSPS) is 18.4. The first-order valence-corrected chi connectivity index (χ1v) is 7.18. The Morgan fingerprint density at radius 2 is 2.42 bits per heavy atom. The van der Waals surface area contributed by atoms with Crippen molar-refractivity contribution in [3.63, 3.8) is 0 Å². The molecule has 6 nitrogen and oxygen atoms in total. The fraction of sp³-hybridized carbons (Fsp3) is 0.583. The van der Waals surface area contributed by atoms with Crippen molar-refractivity contribution < 1.29 is 14.7 Å². The number of hydrogen-bond acceptors (Lipinski definition) is 5. The molecule has 1 aromatic rings. The van der Waals surface area contributed by atoms with Crippen LogP contribution in [-0.4, -0.2) is 41.6 Å². The van der Waals surface area contributed by atoms with Crippen LogP contribution in [0.3, 0.4) is 0 Å². The average molecular weight is 283 g/mol. The Morgan fingerprint density at radius 3 is 3.05 bits per heavy atom. The maximum Gasteiger partial charge on any atom is 0.355 e. The summed E-state index contributed by atoms with van der Waals surface area (Å²) in [5.74, 6) is -0.512. The Morgan fingerprint density at radius 1 is 1.58 bits per heavy atom. The molecule has 3 N–H and O–H groups in total. The van der Waals surface area contributed by atoms with Crippen molar-refractivity contribution in [2.45, 2.75) is 19.3 Å². The molecule has 7 heteroatoms. The van der Waals surface area contributed by atoms with E-state index < -0.39 is 5.97 Å². The first-order valence-electron chi connectivity index (χ1n) is 6.30. The molecule has 1 fully saturated rings. The Kier molecular flexibility index (Phi) is 4.86. The summed E-state index contributed by atoms with van der Waals surface area (Å²) in [6, 6.07) is 0. The molecule has 0 radical (unpaired) electrons. The van der Waals surface area contributed by atoms with Crippen LogP contribution >= 0.6 is 11.3 Å². The van der Waals surface area contributed by atoms with Gasteiger partial charge in [0.1, 0.15) is 0 Å². The fourth-order valence-electron chi connectivity index (χ4n) is 2.06. The van der Waals surface area contributed by atoms with Gasteiger partial charge in [0.05, 0.1) is 5.01 Å². The van der Waals surface area contributed by atoms with E-state index in [0.717, 1.165) is 24.5 Å². The lowest BCUT2D eigenvalue weighted by molar-refractivity contribution is -0.121. The maximum atomic E-state index is 11.7. The highest BCUT2D eigenvalue weighted by molar-refractivity contribution is 7.09. The minimum atomic E-state index is -1.01. The molecule has 1 saturated heterocycles. The number of carboxylic acid groups (broad SMARTS) is 1. The smallest absolute Gasteiger partial charge is 0.355 e. The molecule has 0 aromatic carbocycles. The van der Waals surface area contributed by atoms with Gasteiger partial charge in [0.25, 0.3) is 0 Å². The lowest BCUT2D eigenvalue weighted by Crippen LogP contribution is -2.28. The number of thiazole rings is 1. The molecule has 2 heterocycles. The standard InChI is InChI=1S/C12H17N3O3S/c16-10(5-8-1-3-13-6-8)14-4-2-11-15-9(7-19-11)12(17)18/h7-8,13H,1-6H2,(H,14,16)(H,17,18). The molecule has 1 aliphatic heterocycles. The third-order valence-corrected chi connectivity index (χ3v) is 3.98. The molecule has 0 aliphatic carbocycles. The molecule has 1 amide bonds. The Bertz CT molecular complexity index is 455. The van der Waals surface area contributed by atoms with E-state index in [1.54, 1.807) is 0 Å². The van der Waals surface area contributed by atoms with Gasteiger partial charge >= 0.3 is 5.97 Å². The summed E-state index contributed by atoms with van der Waals surface area (Å²) in [6.07, 6.45) is 2.19. The third-order valence-electron chi connectivity index (χ3n) is 3.07. The van der Waals surface area contributed by atoms with E-state index in [9.17, 15) is 9.59 Å². The quantitative estimate of drug-likeness (QED) is 0.707. The number of carboxylic acids is 1. The number of carbonyl (C=O) groups excluding carboxylic acids is 1.